The van der Waals surface area contributed by atoms with Crippen molar-refractivity contribution in [1.29, 1.82) is 5.26 Å². The van der Waals surface area contributed by atoms with Crippen molar-refractivity contribution in [3.63, 3.8) is 0 Å². The van der Waals surface area contributed by atoms with Gasteiger partial charge in [-0.25, -0.2) is 4.98 Å². The number of fused-ring (bicyclic) bond motifs is 1. The molecule has 4 aromatic rings. The van der Waals surface area contributed by atoms with Crippen LogP contribution in [-0.2, 0) is 0 Å². The smallest absolute Gasteiger partial charge is 0.185 e. The summed E-state index contributed by atoms with van der Waals surface area (Å²) in [6, 6.07) is 13.5. The zero-order valence-corrected chi connectivity index (χ0v) is 16.3. The van der Waals surface area contributed by atoms with E-state index in [1.165, 1.54) is 0 Å². The van der Waals surface area contributed by atoms with Crippen molar-refractivity contribution in [1.82, 2.24) is 29.8 Å². The molecule has 0 atom stereocenters. The molecule has 0 unspecified atom stereocenters. The SMILES string of the molecule is N#Cc1ccnc(N2CCCN(c3ccc4nnc(-c5ccncc5)n4n3)CC2)c1. The Hall–Kier alpha value is -4.06. The first-order valence-electron chi connectivity index (χ1n) is 9.81. The van der Waals surface area contributed by atoms with Crippen LogP contribution in [0, 0.1) is 11.3 Å². The van der Waals surface area contributed by atoms with Gasteiger partial charge in [0.05, 0.1) is 11.6 Å². The number of hydrogen-bond donors (Lipinski definition) is 0. The first-order valence-corrected chi connectivity index (χ1v) is 9.81. The van der Waals surface area contributed by atoms with Crippen molar-refractivity contribution < 1.29 is 0 Å². The molecule has 0 aromatic carbocycles. The number of anilines is 2. The van der Waals surface area contributed by atoms with Crippen LogP contribution >= 0.6 is 0 Å². The lowest BCUT2D eigenvalue weighted by Gasteiger charge is -2.23. The number of nitriles is 1. The Bertz CT molecular complexity index is 1210. The molecule has 0 saturated carbocycles. The zero-order valence-electron chi connectivity index (χ0n) is 16.3. The minimum Gasteiger partial charge on any atom is -0.355 e. The van der Waals surface area contributed by atoms with E-state index in [4.69, 9.17) is 10.4 Å². The van der Waals surface area contributed by atoms with E-state index in [-0.39, 0.29) is 0 Å². The number of pyridine rings is 2. The van der Waals surface area contributed by atoms with Crippen LogP contribution in [0.3, 0.4) is 0 Å². The second-order valence-electron chi connectivity index (χ2n) is 7.06. The molecule has 4 aromatic heterocycles. The van der Waals surface area contributed by atoms with Gasteiger partial charge >= 0.3 is 0 Å². The van der Waals surface area contributed by atoms with Gasteiger partial charge in [-0.15, -0.1) is 15.3 Å². The first-order chi connectivity index (χ1) is 14.8. The van der Waals surface area contributed by atoms with Crippen LogP contribution < -0.4 is 9.80 Å². The van der Waals surface area contributed by atoms with Crippen LogP contribution in [0.15, 0.2) is 55.0 Å². The van der Waals surface area contributed by atoms with Gasteiger partial charge in [0, 0.05) is 50.3 Å². The Morgan fingerprint density at radius 3 is 2.43 bits per heavy atom. The van der Waals surface area contributed by atoms with Gasteiger partial charge in [-0.2, -0.15) is 9.78 Å². The maximum Gasteiger partial charge on any atom is 0.185 e. The van der Waals surface area contributed by atoms with E-state index in [0.717, 1.165) is 49.8 Å². The topological polar surface area (TPSA) is 99.1 Å². The van der Waals surface area contributed by atoms with Crippen molar-refractivity contribution in [3.8, 4) is 17.5 Å². The number of hydrogen-bond acceptors (Lipinski definition) is 8. The summed E-state index contributed by atoms with van der Waals surface area (Å²) in [5, 5.41) is 22.5. The maximum atomic E-state index is 9.15. The van der Waals surface area contributed by atoms with Crippen LogP contribution in [0.2, 0.25) is 0 Å². The highest BCUT2D eigenvalue weighted by molar-refractivity contribution is 5.59. The number of nitrogens with zero attached hydrogens (tertiary/aromatic N) is 9. The Kier molecular flexibility index (Phi) is 4.65. The van der Waals surface area contributed by atoms with E-state index in [9.17, 15) is 0 Å². The van der Waals surface area contributed by atoms with Crippen LogP contribution in [0.25, 0.3) is 17.0 Å². The molecule has 0 bridgehead atoms. The third-order valence-corrected chi connectivity index (χ3v) is 5.21. The average Bonchev–Trinajstić information content (AvgIpc) is 3.07. The van der Waals surface area contributed by atoms with E-state index in [0.29, 0.717) is 17.0 Å². The molecule has 148 valence electrons. The van der Waals surface area contributed by atoms with Crippen molar-refractivity contribution in [2.24, 2.45) is 0 Å². The van der Waals surface area contributed by atoms with E-state index in [2.05, 4.69) is 36.0 Å². The van der Waals surface area contributed by atoms with Gasteiger partial charge in [0.2, 0.25) is 0 Å². The molecule has 0 aliphatic carbocycles. The lowest BCUT2D eigenvalue weighted by atomic mass is 10.2. The minimum absolute atomic E-state index is 0.629. The third kappa shape index (κ3) is 3.39. The molecule has 0 amide bonds. The third-order valence-electron chi connectivity index (χ3n) is 5.21. The molecule has 5 heterocycles. The van der Waals surface area contributed by atoms with E-state index in [1.54, 1.807) is 29.2 Å². The Morgan fingerprint density at radius 2 is 1.63 bits per heavy atom. The molecular formula is C21H19N9. The first kappa shape index (κ1) is 18.0. The van der Waals surface area contributed by atoms with Gasteiger partial charge in [0.25, 0.3) is 0 Å². The molecule has 9 nitrogen and oxygen atoms in total. The van der Waals surface area contributed by atoms with Crippen molar-refractivity contribution >= 4 is 17.3 Å². The minimum atomic E-state index is 0.629. The fourth-order valence-electron chi connectivity index (χ4n) is 3.67. The molecular weight excluding hydrogens is 378 g/mol. The van der Waals surface area contributed by atoms with Crippen LogP contribution in [0.4, 0.5) is 11.6 Å². The summed E-state index contributed by atoms with van der Waals surface area (Å²) < 4.78 is 1.78. The zero-order chi connectivity index (χ0) is 20.3. The molecule has 30 heavy (non-hydrogen) atoms. The largest absolute Gasteiger partial charge is 0.355 e. The summed E-state index contributed by atoms with van der Waals surface area (Å²) in [7, 11) is 0. The Morgan fingerprint density at radius 1 is 0.833 bits per heavy atom. The number of aromatic nitrogens is 6. The Labute approximate surface area is 173 Å². The van der Waals surface area contributed by atoms with Gasteiger partial charge in [0.15, 0.2) is 11.5 Å². The lowest BCUT2D eigenvalue weighted by molar-refractivity contribution is 0.777. The van der Waals surface area contributed by atoms with Gasteiger partial charge in [-0.05, 0) is 42.8 Å². The van der Waals surface area contributed by atoms with Crippen LogP contribution in [-0.4, -0.2) is 56.0 Å². The summed E-state index contributed by atoms with van der Waals surface area (Å²) >= 11 is 0. The molecule has 1 fully saturated rings. The average molecular weight is 397 g/mol. The van der Waals surface area contributed by atoms with Gasteiger partial charge in [0.1, 0.15) is 11.6 Å². The molecule has 1 aliphatic heterocycles. The molecule has 0 radical (unpaired) electrons. The van der Waals surface area contributed by atoms with Gasteiger partial charge in [-0.1, -0.05) is 0 Å². The van der Waals surface area contributed by atoms with Crippen molar-refractivity contribution in [3.05, 3.63) is 60.6 Å². The predicted molar refractivity (Wildman–Crippen MR) is 112 cm³/mol. The summed E-state index contributed by atoms with van der Waals surface area (Å²) in [5.74, 6) is 2.43. The summed E-state index contributed by atoms with van der Waals surface area (Å²) in [6.07, 6.45) is 6.13. The normalized spacial score (nSPS) is 14.5. The van der Waals surface area contributed by atoms with E-state index in [1.807, 2.05) is 30.3 Å². The molecule has 0 N–H and O–H groups in total. The fourth-order valence-corrected chi connectivity index (χ4v) is 3.67. The molecule has 9 heteroatoms. The summed E-state index contributed by atoms with van der Waals surface area (Å²) in [6.45, 7) is 3.39. The van der Waals surface area contributed by atoms with Crippen molar-refractivity contribution in [2.45, 2.75) is 6.42 Å². The number of rotatable bonds is 3. The predicted octanol–water partition coefficient (Wildman–Crippen LogP) is 2.17. The molecule has 0 spiro atoms. The highest BCUT2D eigenvalue weighted by atomic mass is 15.4. The standard InChI is InChI=1S/C21H19N9/c22-15-16-4-9-24-20(14-16)29-11-1-10-28(12-13-29)19-3-2-18-25-26-21(30(18)27-19)17-5-7-23-8-6-17/h2-9,14H,1,10-13H2. The van der Waals surface area contributed by atoms with E-state index < -0.39 is 0 Å². The molecule has 5 rings (SSSR count). The Balaban J connectivity index is 1.40. The summed E-state index contributed by atoms with van der Waals surface area (Å²) in [5.41, 5.74) is 2.26. The van der Waals surface area contributed by atoms with Crippen LogP contribution in [0.5, 0.6) is 0 Å². The molecule has 1 aliphatic rings. The van der Waals surface area contributed by atoms with Gasteiger partial charge < -0.3 is 9.80 Å². The molecule has 1 saturated heterocycles. The fraction of sp³-hybridized carbons (Fsp3) is 0.238. The highest BCUT2D eigenvalue weighted by Crippen LogP contribution is 2.21. The second kappa shape index (κ2) is 7.75. The van der Waals surface area contributed by atoms with Crippen molar-refractivity contribution in [2.75, 3.05) is 36.0 Å². The second-order valence-corrected chi connectivity index (χ2v) is 7.06. The summed E-state index contributed by atoms with van der Waals surface area (Å²) in [4.78, 5) is 13.0. The van der Waals surface area contributed by atoms with Gasteiger partial charge in [-0.3, -0.25) is 4.98 Å². The van der Waals surface area contributed by atoms with Crippen LogP contribution in [0.1, 0.15) is 12.0 Å². The lowest BCUT2D eigenvalue weighted by Crippen LogP contribution is -2.31. The highest BCUT2D eigenvalue weighted by Gasteiger charge is 2.19. The maximum absolute atomic E-state index is 9.15. The monoisotopic (exact) mass is 397 g/mol. The van der Waals surface area contributed by atoms with E-state index >= 15 is 0 Å². The quantitative estimate of drug-likeness (QED) is 0.519.